The van der Waals surface area contributed by atoms with Gasteiger partial charge in [0.05, 0.1) is 11.6 Å². The lowest BCUT2D eigenvalue weighted by Crippen LogP contribution is -1.99. The van der Waals surface area contributed by atoms with E-state index >= 15 is 0 Å². The number of nitriles is 1. The number of hydrogen-bond acceptors (Lipinski definition) is 5. The maximum Gasteiger partial charge on any atom is 0.210 e. The molecule has 0 aliphatic heterocycles. The fourth-order valence-electron chi connectivity index (χ4n) is 2.84. The van der Waals surface area contributed by atoms with Gasteiger partial charge in [0.15, 0.2) is 0 Å². The van der Waals surface area contributed by atoms with E-state index in [1.165, 1.54) is 11.8 Å². The summed E-state index contributed by atoms with van der Waals surface area (Å²) in [5.41, 5.74) is 5.28. The Morgan fingerprint density at radius 2 is 1.43 bits per heavy atom. The number of hydrogen-bond donors (Lipinski definition) is 0. The predicted octanol–water partition coefficient (Wildman–Crippen LogP) is 5.37. The largest absolute Gasteiger partial charge is 0.219 e. The van der Waals surface area contributed by atoms with Crippen molar-refractivity contribution in [1.82, 2.24) is 15.2 Å². The zero-order valence-corrected chi connectivity index (χ0v) is 15.8. The third-order valence-corrected chi connectivity index (χ3v) is 5.09. The number of nitrogens with zero attached hydrogens (tertiary/aromatic N) is 4. The Bertz CT molecular complexity index is 1120. The van der Waals surface area contributed by atoms with E-state index in [9.17, 15) is 0 Å². The first kappa shape index (κ1) is 17.9. The van der Waals surface area contributed by atoms with Gasteiger partial charge in [-0.15, -0.1) is 10.2 Å². The second kappa shape index (κ2) is 8.47. The molecule has 0 saturated heterocycles. The standard InChI is InChI=1S/C23H16N4S/c24-15-17-8-7-9-18(14-17)16-28-23-25-21(19-10-3-1-4-11-19)22(26-27-23)20-12-5-2-6-13-20/h1-14H,16H2. The van der Waals surface area contributed by atoms with Crippen LogP contribution < -0.4 is 0 Å². The number of thioether (sulfide) groups is 1. The number of rotatable bonds is 5. The van der Waals surface area contributed by atoms with Crippen molar-refractivity contribution >= 4 is 11.8 Å². The van der Waals surface area contributed by atoms with Gasteiger partial charge in [-0.05, 0) is 17.7 Å². The predicted molar refractivity (Wildman–Crippen MR) is 111 cm³/mol. The fourth-order valence-corrected chi connectivity index (χ4v) is 3.57. The van der Waals surface area contributed by atoms with E-state index in [-0.39, 0.29) is 0 Å². The molecule has 5 heteroatoms. The van der Waals surface area contributed by atoms with Gasteiger partial charge in [-0.2, -0.15) is 5.26 Å². The molecule has 0 amide bonds. The van der Waals surface area contributed by atoms with Gasteiger partial charge in [-0.1, -0.05) is 84.6 Å². The van der Waals surface area contributed by atoms with Gasteiger partial charge in [0.25, 0.3) is 0 Å². The Morgan fingerprint density at radius 1 is 0.750 bits per heavy atom. The summed E-state index contributed by atoms with van der Waals surface area (Å²) in [7, 11) is 0. The van der Waals surface area contributed by atoms with Crippen molar-refractivity contribution in [3.05, 3.63) is 96.1 Å². The Labute approximate surface area is 167 Å². The molecule has 4 nitrogen and oxygen atoms in total. The van der Waals surface area contributed by atoms with Crippen molar-refractivity contribution < 1.29 is 0 Å². The zero-order chi connectivity index (χ0) is 19.2. The summed E-state index contributed by atoms with van der Waals surface area (Å²) >= 11 is 1.51. The molecular weight excluding hydrogens is 364 g/mol. The smallest absolute Gasteiger partial charge is 0.210 e. The molecule has 0 radical (unpaired) electrons. The normalized spacial score (nSPS) is 10.4. The molecule has 4 rings (SSSR count). The Kier molecular flexibility index (Phi) is 5.41. The molecule has 0 spiro atoms. The molecule has 1 heterocycles. The molecule has 0 bridgehead atoms. The highest BCUT2D eigenvalue weighted by molar-refractivity contribution is 7.98. The van der Waals surface area contributed by atoms with E-state index in [2.05, 4.69) is 16.3 Å². The van der Waals surface area contributed by atoms with E-state index in [1.807, 2.05) is 78.9 Å². The first-order chi connectivity index (χ1) is 13.8. The van der Waals surface area contributed by atoms with Gasteiger partial charge in [0.1, 0.15) is 11.4 Å². The summed E-state index contributed by atoms with van der Waals surface area (Å²) in [6, 6.07) is 29.7. The summed E-state index contributed by atoms with van der Waals surface area (Å²) in [6.07, 6.45) is 0. The van der Waals surface area contributed by atoms with Gasteiger partial charge < -0.3 is 0 Å². The molecule has 134 valence electrons. The lowest BCUT2D eigenvalue weighted by molar-refractivity contribution is 0.850. The number of benzene rings is 3. The first-order valence-electron chi connectivity index (χ1n) is 8.81. The van der Waals surface area contributed by atoms with Crippen molar-refractivity contribution in [3.63, 3.8) is 0 Å². The lowest BCUT2D eigenvalue weighted by atomic mass is 10.0. The quantitative estimate of drug-likeness (QED) is 0.436. The Hall–Kier alpha value is -3.49. The highest BCUT2D eigenvalue weighted by atomic mass is 32.2. The molecule has 0 aliphatic rings. The average Bonchev–Trinajstić information content (AvgIpc) is 2.79. The third kappa shape index (κ3) is 4.08. The van der Waals surface area contributed by atoms with Crippen LogP contribution in [0.5, 0.6) is 0 Å². The monoisotopic (exact) mass is 380 g/mol. The van der Waals surface area contributed by atoms with Crippen LogP contribution in [0, 0.1) is 11.3 Å². The van der Waals surface area contributed by atoms with Crippen molar-refractivity contribution in [3.8, 4) is 28.6 Å². The Balaban J connectivity index is 1.67. The molecule has 0 saturated carbocycles. The van der Waals surface area contributed by atoms with Crippen molar-refractivity contribution in [1.29, 1.82) is 5.26 Å². The van der Waals surface area contributed by atoms with E-state index in [0.717, 1.165) is 28.1 Å². The van der Waals surface area contributed by atoms with Gasteiger partial charge in [0.2, 0.25) is 5.16 Å². The van der Waals surface area contributed by atoms with Crippen LogP contribution in [0.4, 0.5) is 0 Å². The van der Waals surface area contributed by atoms with Crippen LogP contribution in [-0.2, 0) is 5.75 Å². The van der Waals surface area contributed by atoms with Gasteiger partial charge >= 0.3 is 0 Å². The van der Waals surface area contributed by atoms with E-state index in [0.29, 0.717) is 16.5 Å². The Morgan fingerprint density at radius 3 is 2.11 bits per heavy atom. The molecule has 0 aliphatic carbocycles. The third-order valence-electron chi connectivity index (χ3n) is 4.19. The maximum absolute atomic E-state index is 9.06. The fraction of sp³-hybridized carbons (Fsp3) is 0.0435. The number of aromatic nitrogens is 3. The van der Waals surface area contributed by atoms with Crippen molar-refractivity contribution in [2.24, 2.45) is 0 Å². The van der Waals surface area contributed by atoms with E-state index in [1.54, 1.807) is 6.07 Å². The van der Waals surface area contributed by atoms with Crippen LogP contribution in [0.1, 0.15) is 11.1 Å². The summed E-state index contributed by atoms with van der Waals surface area (Å²) in [5, 5.41) is 18.5. The molecular formula is C23H16N4S. The summed E-state index contributed by atoms with van der Waals surface area (Å²) in [6.45, 7) is 0. The van der Waals surface area contributed by atoms with Crippen LogP contribution >= 0.6 is 11.8 Å². The average molecular weight is 380 g/mol. The summed E-state index contributed by atoms with van der Waals surface area (Å²) < 4.78 is 0. The summed E-state index contributed by atoms with van der Waals surface area (Å²) in [4.78, 5) is 4.80. The summed E-state index contributed by atoms with van der Waals surface area (Å²) in [5.74, 6) is 0.677. The molecule has 4 aromatic rings. The van der Waals surface area contributed by atoms with Crippen LogP contribution in [0.25, 0.3) is 22.5 Å². The second-order valence-corrected chi connectivity index (χ2v) is 7.07. The van der Waals surface area contributed by atoms with Crippen molar-refractivity contribution in [2.75, 3.05) is 0 Å². The first-order valence-corrected chi connectivity index (χ1v) is 9.79. The van der Waals surface area contributed by atoms with Gasteiger partial charge in [-0.25, -0.2) is 4.98 Å². The van der Waals surface area contributed by atoms with E-state index < -0.39 is 0 Å². The minimum absolute atomic E-state index is 0.612. The lowest BCUT2D eigenvalue weighted by Gasteiger charge is -2.09. The minimum Gasteiger partial charge on any atom is -0.219 e. The van der Waals surface area contributed by atoms with Crippen LogP contribution in [0.3, 0.4) is 0 Å². The van der Waals surface area contributed by atoms with Crippen LogP contribution in [-0.4, -0.2) is 15.2 Å². The zero-order valence-electron chi connectivity index (χ0n) is 15.0. The topological polar surface area (TPSA) is 62.5 Å². The van der Waals surface area contributed by atoms with Crippen molar-refractivity contribution in [2.45, 2.75) is 10.9 Å². The maximum atomic E-state index is 9.06. The molecule has 0 unspecified atom stereocenters. The minimum atomic E-state index is 0.612. The van der Waals surface area contributed by atoms with E-state index in [4.69, 9.17) is 10.2 Å². The molecule has 1 aromatic heterocycles. The molecule has 28 heavy (non-hydrogen) atoms. The van der Waals surface area contributed by atoms with Crippen LogP contribution in [0.15, 0.2) is 90.1 Å². The highest BCUT2D eigenvalue weighted by Crippen LogP contribution is 2.30. The molecule has 0 fully saturated rings. The van der Waals surface area contributed by atoms with Gasteiger partial charge in [-0.3, -0.25) is 0 Å². The van der Waals surface area contributed by atoms with Crippen LogP contribution in [0.2, 0.25) is 0 Å². The second-order valence-electron chi connectivity index (χ2n) is 6.12. The molecule has 3 aromatic carbocycles. The van der Waals surface area contributed by atoms with Gasteiger partial charge in [0, 0.05) is 16.9 Å². The molecule has 0 N–H and O–H groups in total. The molecule has 0 atom stereocenters. The highest BCUT2D eigenvalue weighted by Gasteiger charge is 2.13. The SMILES string of the molecule is N#Cc1cccc(CSc2nnc(-c3ccccc3)c(-c3ccccc3)n2)c1.